The molecule has 0 aliphatic heterocycles. The Hall–Kier alpha value is -0.810. The zero-order chi connectivity index (χ0) is 13.9. The first-order valence-corrected chi connectivity index (χ1v) is 6.83. The molecule has 0 aromatic carbocycles. The highest BCUT2D eigenvalue weighted by atomic mass is 79.9. The van der Waals surface area contributed by atoms with E-state index in [9.17, 15) is 9.90 Å². The van der Waals surface area contributed by atoms with Crippen molar-refractivity contribution in [1.82, 2.24) is 5.32 Å². The van der Waals surface area contributed by atoms with Gasteiger partial charge >= 0.3 is 0 Å². The Labute approximate surface area is 116 Å². The lowest BCUT2D eigenvalue weighted by molar-refractivity contribution is 0.00567. The summed E-state index contributed by atoms with van der Waals surface area (Å²) in [4.78, 5) is 11.9. The van der Waals surface area contributed by atoms with E-state index in [4.69, 9.17) is 4.42 Å². The Kier molecular flexibility index (Phi) is 4.99. The number of hydrogen-bond acceptors (Lipinski definition) is 3. The Morgan fingerprint density at radius 1 is 1.67 bits per heavy atom. The van der Waals surface area contributed by atoms with Crippen molar-refractivity contribution >= 4 is 21.8 Å². The van der Waals surface area contributed by atoms with Gasteiger partial charge in [-0.2, -0.15) is 0 Å². The van der Waals surface area contributed by atoms with Crippen LogP contribution >= 0.6 is 15.9 Å². The van der Waals surface area contributed by atoms with Gasteiger partial charge in [0.25, 0.3) is 5.91 Å². The first-order valence-electron chi connectivity index (χ1n) is 6.04. The molecular formula is C13H20BrNO3. The highest BCUT2D eigenvalue weighted by molar-refractivity contribution is 9.10. The highest BCUT2D eigenvalue weighted by Gasteiger charge is 2.28. The van der Waals surface area contributed by atoms with E-state index < -0.39 is 5.60 Å². The fraction of sp³-hybridized carbons (Fsp3) is 0.615. The van der Waals surface area contributed by atoms with E-state index in [-0.39, 0.29) is 24.1 Å². The Balaban J connectivity index is 2.64. The molecule has 2 unspecified atom stereocenters. The Morgan fingerprint density at radius 2 is 2.28 bits per heavy atom. The summed E-state index contributed by atoms with van der Waals surface area (Å²) in [6.07, 6.45) is 0.855. The molecular weight excluding hydrogens is 298 g/mol. The van der Waals surface area contributed by atoms with E-state index in [1.165, 1.54) is 0 Å². The number of carbonyl (C=O) groups excluding carboxylic acids is 1. The topological polar surface area (TPSA) is 62.5 Å². The van der Waals surface area contributed by atoms with E-state index in [1.54, 1.807) is 19.9 Å². The lowest BCUT2D eigenvalue weighted by Gasteiger charge is -2.29. The molecule has 0 bridgehead atoms. The fourth-order valence-electron chi connectivity index (χ4n) is 1.62. The molecule has 0 aliphatic rings. The van der Waals surface area contributed by atoms with Crippen molar-refractivity contribution in [3.8, 4) is 0 Å². The van der Waals surface area contributed by atoms with Crippen molar-refractivity contribution in [3.05, 3.63) is 22.1 Å². The average Bonchev–Trinajstić information content (AvgIpc) is 2.64. The summed E-state index contributed by atoms with van der Waals surface area (Å²) >= 11 is 3.18. The summed E-state index contributed by atoms with van der Waals surface area (Å²) in [6.45, 7) is 7.70. The molecule has 0 spiro atoms. The van der Waals surface area contributed by atoms with Crippen molar-refractivity contribution in [2.24, 2.45) is 5.92 Å². The van der Waals surface area contributed by atoms with Gasteiger partial charge in [0, 0.05) is 12.1 Å². The van der Waals surface area contributed by atoms with Crippen molar-refractivity contribution in [2.75, 3.05) is 6.54 Å². The van der Waals surface area contributed by atoms with Crippen molar-refractivity contribution in [2.45, 2.75) is 39.7 Å². The normalized spacial score (nSPS) is 16.1. The Morgan fingerprint density at radius 3 is 2.72 bits per heavy atom. The number of amides is 1. The second-order valence-electron chi connectivity index (χ2n) is 4.91. The number of aliphatic hydroxyl groups is 1. The Bertz CT molecular complexity index is 426. The van der Waals surface area contributed by atoms with E-state index in [2.05, 4.69) is 21.2 Å². The van der Waals surface area contributed by atoms with Crippen LogP contribution in [-0.4, -0.2) is 23.2 Å². The van der Waals surface area contributed by atoms with Gasteiger partial charge in [-0.1, -0.05) is 20.3 Å². The molecule has 2 atom stereocenters. The number of nitrogens with one attached hydrogen (secondary N) is 1. The second-order valence-corrected chi connectivity index (χ2v) is 5.69. The van der Waals surface area contributed by atoms with Crippen LogP contribution in [0, 0.1) is 12.8 Å². The molecule has 1 rings (SSSR count). The van der Waals surface area contributed by atoms with Gasteiger partial charge in [0.2, 0.25) is 0 Å². The summed E-state index contributed by atoms with van der Waals surface area (Å²) < 4.78 is 5.78. The van der Waals surface area contributed by atoms with Crippen LogP contribution in [0.2, 0.25) is 0 Å². The lowest BCUT2D eigenvalue weighted by Crippen LogP contribution is -2.45. The molecule has 1 heterocycles. The van der Waals surface area contributed by atoms with E-state index in [1.807, 2.05) is 13.8 Å². The van der Waals surface area contributed by atoms with E-state index in [0.29, 0.717) is 4.67 Å². The number of aryl methyl sites for hydroxylation is 1. The summed E-state index contributed by atoms with van der Waals surface area (Å²) in [5, 5.41) is 12.9. The molecule has 0 radical (unpaired) electrons. The van der Waals surface area contributed by atoms with E-state index in [0.717, 1.165) is 12.0 Å². The molecule has 1 aromatic heterocycles. The summed E-state index contributed by atoms with van der Waals surface area (Å²) in [5.41, 5.74) is -0.148. The van der Waals surface area contributed by atoms with Crippen molar-refractivity contribution in [3.63, 3.8) is 0 Å². The van der Waals surface area contributed by atoms with Crippen LogP contribution < -0.4 is 5.32 Å². The predicted octanol–water partition coefficient (Wildman–Crippen LogP) is 2.88. The van der Waals surface area contributed by atoms with Crippen LogP contribution in [0.25, 0.3) is 0 Å². The molecule has 2 N–H and O–H groups in total. The third-order valence-corrected chi connectivity index (χ3v) is 3.77. The largest absolute Gasteiger partial charge is 0.444 e. The van der Waals surface area contributed by atoms with Gasteiger partial charge in [0.1, 0.15) is 0 Å². The minimum absolute atomic E-state index is 0.113. The minimum atomic E-state index is -0.915. The predicted molar refractivity (Wildman–Crippen MR) is 73.6 cm³/mol. The maximum absolute atomic E-state index is 11.9. The quantitative estimate of drug-likeness (QED) is 0.877. The van der Waals surface area contributed by atoms with Gasteiger partial charge < -0.3 is 14.8 Å². The molecule has 5 heteroatoms. The van der Waals surface area contributed by atoms with Crippen molar-refractivity contribution < 1.29 is 14.3 Å². The van der Waals surface area contributed by atoms with Gasteiger partial charge in [-0.15, -0.1) is 0 Å². The SMILES string of the molecule is CCC(C)C(C)(O)CNC(=O)c1oc(Br)cc1C. The number of halogens is 1. The van der Waals surface area contributed by atoms with Gasteiger partial charge in [-0.05, 0) is 41.8 Å². The molecule has 102 valence electrons. The minimum Gasteiger partial charge on any atom is -0.444 e. The molecule has 0 aliphatic carbocycles. The maximum atomic E-state index is 11.9. The zero-order valence-electron chi connectivity index (χ0n) is 11.2. The standard InChI is InChI=1S/C13H20BrNO3/c1-5-9(3)13(4,17)7-15-12(16)11-8(2)6-10(14)18-11/h6,9,17H,5,7H2,1-4H3,(H,15,16). The molecule has 18 heavy (non-hydrogen) atoms. The molecule has 1 amide bonds. The van der Waals surface area contributed by atoms with Crippen LogP contribution in [0.3, 0.4) is 0 Å². The molecule has 0 fully saturated rings. The monoisotopic (exact) mass is 317 g/mol. The fourth-order valence-corrected chi connectivity index (χ4v) is 2.13. The van der Waals surface area contributed by atoms with Crippen LogP contribution in [0.1, 0.15) is 43.3 Å². The third-order valence-electron chi connectivity index (χ3n) is 3.37. The molecule has 4 nitrogen and oxygen atoms in total. The highest BCUT2D eigenvalue weighted by Crippen LogP contribution is 2.21. The third kappa shape index (κ3) is 3.59. The number of rotatable bonds is 5. The van der Waals surface area contributed by atoms with Gasteiger partial charge in [0.15, 0.2) is 10.4 Å². The van der Waals surface area contributed by atoms with Crippen LogP contribution in [0.15, 0.2) is 15.2 Å². The van der Waals surface area contributed by atoms with Gasteiger partial charge in [0.05, 0.1) is 5.60 Å². The second kappa shape index (κ2) is 5.89. The van der Waals surface area contributed by atoms with Crippen molar-refractivity contribution in [1.29, 1.82) is 0 Å². The first-order chi connectivity index (χ1) is 8.27. The number of furan rings is 1. The molecule has 0 saturated carbocycles. The summed E-state index contributed by atoms with van der Waals surface area (Å²) in [7, 11) is 0. The van der Waals surface area contributed by atoms with Crippen LogP contribution in [-0.2, 0) is 0 Å². The van der Waals surface area contributed by atoms with Crippen LogP contribution in [0.5, 0.6) is 0 Å². The first kappa shape index (κ1) is 15.2. The average molecular weight is 318 g/mol. The number of hydrogen-bond donors (Lipinski definition) is 2. The van der Waals surface area contributed by atoms with Gasteiger partial charge in [-0.25, -0.2) is 0 Å². The molecule has 1 aromatic rings. The maximum Gasteiger partial charge on any atom is 0.287 e. The lowest BCUT2D eigenvalue weighted by atomic mass is 9.88. The van der Waals surface area contributed by atoms with Gasteiger partial charge in [-0.3, -0.25) is 4.79 Å². The van der Waals surface area contributed by atoms with Crippen LogP contribution in [0.4, 0.5) is 0 Å². The summed E-state index contributed by atoms with van der Waals surface area (Å²) in [6, 6.07) is 1.74. The summed E-state index contributed by atoms with van der Waals surface area (Å²) in [5.74, 6) is 0.0887. The zero-order valence-corrected chi connectivity index (χ0v) is 12.8. The number of carbonyl (C=O) groups is 1. The van der Waals surface area contributed by atoms with E-state index >= 15 is 0 Å². The molecule has 0 saturated heterocycles. The smallest absolute Gasteiger partial charge is 0.287 e.